The van der Waals surface area contributed by atoms with Crippen molar-refractivity contribution in [3.8, 4) is 0 Å². The molecular weight excluding hydrogens is 498 g/mol. The van der Waals surface area contributed by atoms with Crippen LogP contribution in [0.4, 0.5) is 0 Å². The van der Waals surface area contributed by atoms with Gasteiger partial charge in [-0.1, -0.05) is 55.4 Å². The van der Waals surface area contributed by atoms with Crippen molar-refractivity contribution in [3.63, 3.8) is 0 Å². The summed E-state index contributed by atoms with van der Waals surface area (Å²) in [5.74, 6) is -1.37. The molecule has 0 saturated heterocycles. The number of likely N-dealkylation sites (N-methyl/N-ethyl adjacent to an activating group) is 1. The molecule has 0 saturated carbocycles. The Morgan fingerprint density at radius 3 is 1.54 bits per heavy atom. The van der Waals surface area contributed by atoms with Crippen LogP contribution >= 0.6 is 0 Å². The van der Waals surface area contributed by atoms with Gasteiger partial charge in [0.1, 0.15) is 6.54 Å². The van der Waals surface area contributed by atoms with Gasteiger partial charge in [-0.15, -0.1) is 0 Å². The normalized spacial score (nSPS) is 15.2. The molecule has 3 unspecified atom stereocenters. The van der Waals surface area contributed by atoms with Crippen LogP contribution in [0.2, 0.25) is 0 Å². The topological polar surface area (TPSA) is 127 Å². The first kappa shape index (κ1) is 37.9. The van der Waals surface area contributed by atoms with Crippen molar-refractivity contribution in [2.24, 2.45) is 22.7 Å². The minimum Gasteiger partial charge on any atom is -0.466 e. The van der Waals surface area contributed by atoms with E-state index >= 15 is 0 Å². The smallest absolute Gasteiger partial charge is 0.327 e. The van der Waals surface area contributed by atoms with Gasteiger partial charge in [0, 0.05) is 0 Å². The number of aliphatic hydroxyl groups excluding tert-OH is 1. The average Bonchev–Trinajstić information content (AvgIpc) is 2.61. The van der Waals surface area contributed by atoms with E-state index in [9.17, 15) is 22.6 Å². The second kappa shape index (κ2) is 16.7. The van der Waals surface area contributed by atoms with Crippen LogP contribution in [0.25, 0.3) is 0 Å². The zero-order chi connectivity index (χ0) is 29.7. The molecule has 9 nitrogen and oxygen atoms in total. The summed E-state index contributed by atoms with van der Waals surface area (Å²) in [5, 5.41) is 6.42. The molecule has 0 aromatic rings. The van der Waals surface area contributed by atoms with E-state index in [0.29, 0.717) is 18.8 Å². The Morgan fingerprint density at radius 2 is 1.24 bits per heavy atom. The van der Waals surface area contributed by atoms with Crippen LogP contribution in [0.15, 0.2) is 0 Å². The Kier molecular flexibility index (Phi) is 17.1. The van der Waals surface area contributed by atoms with Crippen molar-refractivity contribution < 1.29 is 41.6 Å². The summed E-state index contributed by atoms with van der Waals surface area (Å²) < 4.78 is 43.5. The number of carbonyl (C=O) groups excluding carboxylic acids is 2. The Balaban J connectivity index is 0. The maximum Gasteiger partial charge on any atom is 0.327 e. The number of aliphatic hydroxyl groups is 1. The summed E-state index contributed by atoms with van der Waals surface area (Å²) >= 11 is 0. The Morgan fingerprint density at radius 1 is 0.838 bits per heavy atom. The predicted octanol–water partition coefficient (Wildman–Crippen LogP) is 4.33. The van der Waals surface area contributed by atoms with Crippen LogP contribution in [-0.4, -0.2) is 87.3 Å². The summed E-state index contributed by atoms with van der Waals surface area (Å²) in [6.45, 7) is 18.1. The van der Waals surface area contributed by atoms with Gasteiger partial charge >= 0.3 is 11.9 Å². The first-order valence-corrected chi connectivity index (χ1v) is 14.7. The van der Waals surface area contributed by atoms with Gasteiger partial charge in [-0.2, -0.15) is 8.42 Å². The second-order valence-corrected chi connectivity index (χ2v) is 15.2. The number of rotatable bonds is 14. The molecule has 0 aliphatic rings. The summed E-state index contributed by atoms with van der Waals surface area (Å²) in [6, 6.07) is 0. The van der Waals surface area contributed by atoms with Crippen LogP contribution in [0, 0.1) is 22.7 Å². The molecule has 0 spiro atoms. The van der Waals surface area contributed by atoms with Crippen molar-refractivity contribution in [2.75, 3.05) is 47.5 Å². The Labute approximate surface area is 226 Å². The minimum atomic E-state index is -4.78. The molecule has 0 aliphatic carbocycles. The Hall–Kier alpha value is -1.23. The van der Waals surface area contributed by atoms with Crippen molar-refractivity contribution in [1.82, 2.24) is 0 Å². The van der Waals surface area contributed by atoms with E-state index in [4.69, 9.17) is 14.6 Å². The maximum atomic E-state index is 12.2. The molecule has 37 heavy (non-hydrogen) atoms. The molecule has 0 amide bonds. The summed E-state index contributed by atoms with van der Waals surface area (Å²) in [5.41, 5.74) is 0.294. The predicted molar refractivity (Wildman–Crippen MR) is 148 cm³/mol. The second-order valence-electron chi connectivity index (χ2n) is 13.7. The molecule has 0 radical (unpaired) electrons. The Bertz CT molecular complexity index is 761. The summed E-state index contributed by atoms with van der Waals surface area (Å²) in [4.78, 5) is 24.2. The largest absolute Gasteiger partial charge is 0.466 e. The fourth-order valence-corrected chi connectivity index (χ4v) is 4.60. The number of quaternary nitrogens is 1. The number of hydrogen-bond acceptors (Lipinski definition) is 7. The lowest BCUT2D eigenvalue weighted by molar-refractivity contribution is -0.870. The van der Waals surface area contributed by atoms with Crippen LogP contribution < -0.4 is 0 Å². The zero-order valence-corrected chi connectivity index (χ0v) is 26.1. The summed E-state index contributed by atoms with van der Waals surface area (Å²) in [7, 11) is 1.38. The van der Waals surface area contributed by atoms with E-state index in [1.165, 1.54) is 0 Å². The highest BCUT2D eigenvalue weighted by atomic mass is 32.2. The van der Waals surface area contributed by atoms with Gasteiger partial charge in [-0.25, -0.2) is 0 Å². The highest BCUT2D eigenvalue weighted by molar-refractivity contribution is 7.87. The highest BCUT2D eigenvalue weighted by Gasteiger charge is 2.35. The molecule has 0 aromatic carbocycles. The van der Waals surface area contributed by atoms with Crippen molar-refractivity contribution in [3.05, 3.63) is 0 Å². The number of ether oxygens (including phenoxy) is 2. The summed E-state index contributed by atoms with van der Waals surface area (Å²) in [6.07, 6.45) is 2.32. The third-order valence-corrected chi connectivity index (χ3v) is 6.47. The van der Waals surface area contributed by atoms with Crippen LogP contribution in [0.3, 0.4) is 0 Å². The van der Waals surface area contributed by atoms with Gasteiger partial charge in [0.15, 0.2) is 5.25 Å². The lowest BCUT2D eigenvalue weighted by Gasteiger charge is -2.23. The van der Waals surface area contributed by atoms with E-state index in [1.807, 2.05) is 6.92 Å². The average molecular weight is 555 g/mol. The molecular formula is C27H56NO8S+. The van der Waals surface area contributed by atoms with Gasteiger partial charge in [0.2, 0.25) is 0 Å². The number of carbonyl (C=O) groups is 2. The lowest BCUT2D eigenvalue weighted by Crippen LogP contribution is -2.36. The molecule has 3 atom stereocenters. The van der Waals surface area contributed by atoms with Gasteiger partial charge < -0.3 is 19.1 Å². The third kappa shape index (κ3) is 24.8. The van der Waals surface area contributed by atoms with Crippen LogP contribution in [0.5, 0.6) is 0 Å². The number of esters is 2. The van der Waals surface area contributed by atoms with Gasteiger partial charge in [-0.05, 0) is 48.3 Å². The van der Waals surface area contributed by atoms with E-state index in [-0.39, 0.29) is 36.6 Å². The lowest BCUT2D eigenvalue weighted by atomic mass is 9.84. The molecule has 10 heteroatoms. The number of nitrogens with zero attached hydrogens (tertiary/aromatic N) is 1. The standard InChI is InChI=1S/C22H42O7S.C5H14NO/c1-16(14-21(3,4)5)9-11-28-19(23)13-18(30(25,26)27)20(24)29-12-10-17(2)15-22(6,7)8;1-6(2,3)4-5-7/h16-18H,9-15H2,1-8H3,(H,25,26,27);7H,4-5H2,1-3H3/q;+1. The molecule has 0 aromatic heterocycles. The molecule has 0 fully saturated rings. The quantitative estimate of drug-likeness (QED) is 0.185. The van der Waals surface area contributed by atoms with Crippen molar-refractivity contribution >= 4 is 22.1 Å². The van der Waals surface area contributed by atoms with E-state index in [1.54, 1.807) is 0 Å². The van der Waals surface area contributed by atoms with Gasteiger partial charge in [0.25, 0.3) is 10.1 Å². The maximum absolute atomic E-state index is 12.2. The third-order valence-electron chi connectivity index (χ3n) is 5.40. The highest BCUT2D eigenvalue weighted by Crippen LogP contribution is 2.27. The molecule has 222 valence electrons. The molecule has 0 bridgehead atoms. The van der Waals surface area contributed by atoms with E-state index in [0.717, 1.165) is 23.9 Å². The van der Waals surface area contributed by atoms with Crippen LogP contribution in [-0.2, 0) is 29.2 Å². The van der Waals surface area contributed by atoms with Crippen LogP contribution in [0.1, 0.15) is 87.5 Å². The van der Waals surface area contributed by atoms with Crippen molar-refractivity contribution in [2.45, 2.75) is 92.7 Å². The SMILES string of the molecule is CC(CCOC(=O)CC(C(=O)OCCC(C)CC(C)(C)C)S(=O)(=O)O)CC(C)(C)C.C[N+](C)(C)CCO. The molecule has 0 heterocycles. The minimum absolute atomic E-state index is 0.0292. The number of hydrogen-bond donors (Lipinski definition) is 2. The fourth-order valence-electron chi connectivity index (χ4n) is 3.94. The first-order valence-electron chi connectivity index (χ1n) is 13.2. The molecule has 0 rings (SSSR count). The zero-order valence-electron chi connectivity index (χ0n) is 25.3. The van der Waals surface area contributed by atoms with E-state index in [2.05, 4.69) is 69.6 Å². The monoisotopic (exact) mass is 554 g/mol. The molecule has 2 N–H and O–H groups in total. The van der Waals surface area contributed by atoms with Crippen molar-refractivity contribution in [1.29, 1.82) is 0 Å². The van der Waals surface area contributed by atoms with Gasteiger partial charge in [0.05, 0.1) is 47.4 Å². The van der Waals surface area contributed by atoms with Gasteiger partial charge in [-0.3, -0.25) is 14.1 Å². The fraction of sp³-hybridized carbons (Fsp3) is 0.926. The van der Waals surface area contributed by atoms with E-state index < -0.39 is 33.7 Å². The first-order chi connectivity index (χ1) is 16.5. The molecule has 0 aliphatic heterocycles.